The molecule has 0 amide bonds. The maximum Gasteiger partial charge on any atom is 0.0119 e. The Morgan fingerprint density at radius 2 is 2.13 bits per heavy atom. The van der Waals surface area contributed by atoms with Gasteiger partial charge in [0.15, 0.2) is 0 Å². The predicted molar refractivity (Wildman–Crippen MR) is 71.6 cm³/mol. The van der Waals surface area contributed by atoms with Crippen LogP contribution in [0.25, 0.3) is 0 Å². The number of nitrogens with one attached hydrogen (secondary N) is 1. The second-order valence-electron chi connectivity index (χ2n) is 5.86. The number of thioether (sulfide) groups is 1. The zero-order valence-corrected chi connectivity index (χ0v) is 11.6. The minimum absolute atomic E-state index is 0.530. The fourth-order valence-corrected chi connectivity index (χ4v) is 3.23. The van der Waals surface area contributed by atoms with E-state index in [0.717, 1.165) is 12.0 Å². The lowest BCUT2D eigenvalue weighted by atomic mass is 9.87. The van der Waals surface area contributed by atoms with Crippen LogP contribution in [0.15, 0.2) is 0 Å². The van der Waals surface area contributed by atoms with E-state index in [1.807, 2.05) is 0 Å². The molecular formula is C13H27NS. The second kappa shape index (κ2) is 6.15. The molecule has 0 aliphatic heterocycles. The van der Waals surface area contributed by atoms with Crippen LogP contribution in [0.3, 0.4) is 0 Å². The highest BCUT2D eigenvalue weighted by Crippen LogP contribution is 2.36. The first-order valence-electron chi connectivity index (χ1n) is 6.33. The van der Waals surface area contributed by atoms with Crippen LogP contribution in [0.2, 0.25) is 0 Å². The van der Waals surface area contributed by atoms with E-state index in [4.69, 9.17) is 0 Å². The summed E-state index contributed by atoms with van der Waals surface area (Å²) in [4.78, 5) is 0. The van der Waals surface area contributed by atoms with Gasteiger partial charge in [0, 0.05) is 18.3 Å². The molecule has 0 radical (unpaired) electrons. The van der Waals surface area contributed by atoms with Crippen molar-refractivity contribution in [1.29, 1.82) is 0 Å². The van der Waals surface area contributed by atoms with E-state index in [9.17, 15) is 0 Å². The lowest BCUT2D eigenvalue weighted by Gasteiger charge is -2.28. The minimum atomic E-state index is 0.530. The molecule has 1 rings (SSSR count). The van der Waals surface area contributed by atoms with Crippen LogP contribution in [-0.2, 0) is 0 Å². The predicted octanol–water partition coefficient (Wildman–Crippen LogP) is 3.54. The van der Waals surface area contributed by atoms with Gasteiger partial charge in [-0.15, -0.1) is 0 Å². The van der Waals surface area contributed by atoms with Crippen LogP contribution < -0.4 is 5.32 Å². The summed E-state index contributed by atoms with van der Waals surface area (Å²) >= 11 is 2.08. The second-order valence-corrected chi connectivity index (χ2v) is 7.01. The van der Waals surface area contributed by atoms with Crippen molar-refractivity contribution in [2.45, 2.75) is 53.0 Å². The van der Waals surface area contributed by atoms with Crippen molar-refractivity contribution in [1.82, 2.24) is 5.32 Å². The van der Waals surface area contributed by atoms with Crippen LogP contribution >= 0.6 is 11.8 Å². The van der Waals surface area contributed by atoms with Gasteiger partial charge in [-0.3, -0.25) is 0 Å². The van der Waals surface area contributed by atoms with E-state index in [1.165, 1.54) is 37.3 Å². The molecule has 0 bridgehead atoms. The van der Waals surface area contributed by atoms with E-state index >= 15 is 0 Å². The van der Waals surface area contributed by atoms with Crippen molar-refractivity contribution >= 4 is 11.8 Å². The Balaban J connectivity index is 2.05. The first-order valence-corrected chi connectivity index (χ1v) is 7.49. The Bertz CT molecular complexity index is 177. The topological polar surface area (TPSA) is 12.0 Å². The van der Waals surface area contributed by atoms with E-state index < -0.39 is 0 Å². The van der Waals surface area contributed by atoms with Crippen molar-refractivity contribution in [3.63, 3.8) is 0 Å². The third kappa shape index (κ3) is 4.78. The molecule has 0 aromatic carbocycles. The van der Waals surface area contributed by atoms with Crippen LogP contribution in [-0.4, -0.2) is 24.1 Å². The highest BCUT2D eigenvalue weighted by atomic mass is 32.2. The molecule has 0 spiro atoms. The zero-order chi connectivity index (χ0) is 11.3. The first-order chi connectivity index (χ1) is 7.02. The Labute approximate surface area is 99.8 Å². The number of hydrogen-bond acceptors (Lipinski definition) is 2. The average Bonchev–Trinajstić information content (AvgIpc) is 2.44. The molecule has 2 heteroatoms. The van der Waals surface area contributed by atoms with Crippen LogP contribution in [0.1, 0.15) is 47.0 Å². The van der Waals surface area contributed by atoms with E-state index in [1.54, 1.807) is 0 Å². The molecule has 1 N–H and O–H groups in total. The summed E-state index contributed by atoms with van der Waals surface area (Å²) in [7, 11) is 0. The van der Waals surface area contributed by atoms with Gasteiger partial charge in [0.25, 0.3) is 0 Å². The molecule has 1 unspecified atom stereocenters. The van der Waals surface area contributed by atoms with Crippen LogP contribution in [0.5, 0.6) is 0 Å². The standard InChI is InChI=1S/C13H27NS/c1-11(2)10-15-9-8-14-12-6-5-7-13(12,3)4/h11-12,14H,5-10H2,1-4H3. The molecule has 0 heterocycles. The van der Waals surface area contributed by atoms with Crippen LogP contribution in [0, 0.1) is 11.3 Å². The van der Waals surface area contributed by atoms with E-state index in [-0.39, 0.29) is 0 Å². The third-order valence-electron chi connectivity index (χ3n) is 3.35. The fourth-order valence-electron chi connectivity index (χ4n) is 2.33. The summed E-state index contributed by atoms with van der Waals surface area (Å²) in [6, 6.07) is 0.761. The van der Waals surface area contributed by atoms with Gasteiger partial charge in [-0.2, -0.15) is 11.8 Å². The molecule has 90 valence electrons. The summed E-state index contributed by atoms with van der Waals surface area (Å²) in [6.07, 6.45) is 4.18. The Morgan fingerprint density at radius 1 is 1.40 bits per heavy atom. The summed E-state index contributed by atoms with van der Waals surface area (Å²) in [5.74, 6) is 3.40. The van der Waals surface area contributed by atoms with Crippen molar-refractivity contribution in [3.05, 3.63) is 0 Å². The van der Waals surface area contributed by atoms with Gasteiger partial charge < -0.3 is 5.32 Å². The van der Waals surface area contributed by atoms with Gasteiger partial charge in [0.2, 0.25) is 0 Å². The van der Waals surface area contributed by atoms with Gasteiger partial charge in [0.1, 0.15) is 0 Å². The summed E-state index contributed by atoms with van der Waals surface area (Å²) in [5.41, 5.74) is 0.530. The zero-order valence-electron chi connectivity index (χ0n) is 10.8. The van der Waals surface area contributed by atoms with Gasteiger partial charge in [-0.05, 0) is 29.9 Å². The van der Waals surface area contributed by atoms with Gasteiger partial charge in [-0.25, -0.2) is 0 Å². The van der Waals surface area contributed by atoms with Gasteiger partial charge in [0.05, 0.1) is 0 Å². The Morgan fingerprint density at radius 3 is 2.67 bits per heavy atom. The molecule has 1 aliphatic rings. The van der Waals surface area contributed by atoms with Crippen LogP contribution in [0.4, 0.5) is 0 Å². The summed E-state index contributed by atoms with van der Waals surface area (Å²) in [5, 5.41) is 3.72. The third-order valence-corrected chi connectivity index (χ3v) is 4.74. The van der Waals surface area contributed by atoms with Crippen molar-refractivity contribution in [2.24, 2.45) is 11.3 Å². The molecule has 0 aromatic heterocycles. The highest BCUT2D eigenvalue weighted by Gasteiger charge is 2.33. The molecule has 15 heavy (non-hydrogen) atoms. The number of rotatable bonds is 6. The summed E-state index contributed by atoms with van der Waals surface area (Å²) < 4.78 is 0. The monoisotopic (exact) mass is 229 g/mol. The lowest BCUT2D eigenvalue weighted by molar-refractivity contribution is 0.288. The summed E-state index contributed by atoms with van der Waals surface area (Å²) in [6.45, 7) is 10.6. The van der Waals surface area contributed by atoms with E-state index in [0.29, 0.717) is 5.41 Å². The molecule has 1 atom stereocenters. The average molecular weight is 229 g/mol. The quantitative estimate of drug-likeness (QED) is 0.699. The molecular weight excluding hydrogens is 202 g/mol. The fraction of sp³-hybridized carbons (Fsp3) is 1.00. The van der Waals surface area contributed by atoms with Crippen molar-refractivity contribution in [3.8, 4) is 0 Å². The molecule has 1 nitrogen and oxygen atoms in total. The first kappa shape index (κ1) is 13.4. The van der Waals surface area contributed by atoms with Gasteiger partial charge in [-0.1, -0.05) is 34.1 Å². The Kier molecular flexibility index (Phi) is 5.48. The van der Waals surface area contributed by atoms with E-state index in [2.05, 4.69) is 44.8 Å². The Hall–Kier alpha value is 0.310. The molecule has 1 fully saturated rings. The lowest BCUT2D eigenvalue weighted by Crippen LogP contribution is -2.38. The molecule has 1 aliphatic carbocycles. The van der Waals surface area contributed by atoms with Crippen molar-refractivity contribution < 1.29 is 0 Å². The van der Waals surface area contributed by atoms with Gasteiger partial charge >= 0.3 is 0 Å². The highest BCUT2D eigenvalue weighted by molar-refractivity contribution is 7.99. The molecule has 1 saturated carbocycles. The largest absolute Gasteiger partial charge is 0.313 e. The maximum absolute atomic E-state index is 3.72. The number of hydrogen-bond donors (Lipinski definition) is 1. The molecule has 0 aromatic rings. The normalized spacial score (nSPS) is 25.0. The SMILES string of the molecule is CC(C)CSCCNC1CCCC1(C)C. The minimum Gasteiger partial charge on any atom is -0.313 e. The van der Waals surface area contributed by atoms with Crippen molar-refractivity contribution in [2.75, 3.05) is 18.1 Å². The maximum atomic E-state index is 3.72. The molecule has 0 saturated heterocycles. The smallest absolute Gasteiger partial charge is 0.0119 e.